The summed E-state index contributed by atoms with van der Waals surface area (Å²) in [5, 5.41) is 27.9. The minimum absolute atomic E-state index is 0.0868. The van der Waals surface area contributed by atoms with Gasteiger partial charge in [0.1, 0.15) is 0 Å². The highest BCUT2D eigenvalue weighted by molar-refractivity contribution is 8.03. The number of carbonyl (C=O) groups is 2. The molecule has 40 heavy (non-hydrogen) atoms. The standard InChI is InChI=1S/C29H23ClN4O5S/c1-2-39-29(36)26-25(21-10-6-7-11-23(21)30)22(16-31)28(33-27(26)18-8-4-3-5-9-18)40-17-24(35)32-19-12-14-20(15-13-19)34(37)38/h3-15,25,33H,2,17H2,1H3,(H,32,35)/t25-/m0/s1. The molecule has 0 aliphatic carbocycles. The van der Waals surface area contributed by atoms with Gasteiger partial charge in [-0.05, 0) is 36.2 Å². The van der Waals surface area contributed by atoms with E-state index in [4.69, 9.17) is 16.3 Å². The van der Waals surface area contributed by atoms with E-state index in [1.165, 1.54) is 24.3 Å². The number of nitriles is 1. The molecule has 1 aliphatic heterocycles. The van der Waals surface area contributed by atoms with E-state index in [0.29, 0.717) is 32.6 Å². The number of nitrogens with one attached hydrogen (secondary N) is 2. The van der Waals surface area contributed by atoms with E-state index in [9.17, 15) is 25.0 Å². The number of non-ortho nitro benzene ring substituents is 1. The maximum atomic E-state index is 13.4. The zero-order valence-electron chi connectivity index (χ0n) is 21.2. The van der Waals surface area contributed by atoms with Crippen molar-refractivity contribution < 1.29 is 19.2 Å². The Morgan fingerprint density at radius 1 is 1.10 bits per heavy atom. The first kappa shape index (κ1) is 28.4. The van der Waals surface area contributed by atoms with Crippen LogP contribution in [0.2, 0.25) is 5.02 Å². The normalized spacial score (nSPS) is 14.7. The Hall–Kier alpha value is -4.59. The number of nitrogens with zero attached hydrogens (tertiary/aromatic N) is 2. The molecule has 0 unspecified atom stereocenters. The number of amides is 1. The molecule has 3 aromatic carbocycles. The third-order valence-electron chi connectivity index (χ3n) is 5.93. The van der Waals surface area contributed by atoms with Crippen LogP contribution in [0.15, 0.2) is 95.0 Å². The highest BCUT2D eigenvalue weighted by atomic mass is 35.5. The molecule has 11 heteroatoms. The zero-order valence-corrected chi connectivity index (χ0v) is 22.8. The Morgan fingerprint density at radius 2 is 1.77 bits per heavy atom. The Kier molecular flexibility index (Phi) is 9.22. The summed E-state index contributed by atoms with van der Waals surface area (Å²) >= 11 is 7.67. The largest absolute Gasteiger partial charge is 0.463 e. The maximum Gasteiger partial charge on any atom is 0.337 e. The molecule has 0 aromatic heterocycles. The quantitative estimate of drug-likeness (QED) is 0.180. The number of hydrogen-bond acceptors (Lipinski definition) is 8. The van der Waals surface area contributed by atoms with E-state index >= 15 is 0 Å². The number of ether oxygens (including phenoxy) is 1. The van der Waals surface area contributed by atoms with Gasteiger partial charge in [-0.15, -0.1) is 0 Å². The van der Waals surface area contributed by atoms with Crippen molar-refractivity contribution in [1.82, 2.24) is 5.32 Å². The van der Waals surface area contributed by atoms with Gasteiger partial charge in [0.25, 0.3) is 5.69 Å². The number of carbonyl (C=O) groups excluding carboxylic acids is 2. The second-order valence-corrected chi connectivity index (χ2v) is 9.84. The molecule has 1 amide bonds. The van der Waals surface area contributed by atoms with Crippen LogP contribution in [-0.2, 0) is 14.3 Å². The number of nitro groups is 1. The molecule has 1 atom stereocenters. The number of halogens is 1. The summed E-state index contributed by atoms with van der Waals surface area (Å²) in [5.41, 5.74) is 2.43. The van der Waals surface area contributed by atoms with Crippen LogP contribution >= 0.6 is 23.4 Å². The van der Waals surface area contributed by atoms with Crippen LogP contribution < -0.4 is 10.6 Å². The van der Waals surface area contributed by atoms with Crippen LogP contribution in [-0.4, -0.2) is 29.2 Å². The second kappa shape index (κ2) is 13.0. The summed E-state index contributed by atoms with van der Waals surface area (Å²) in [7, 11) is 0. The molecule has 2 N–H and O–H groups in total. The minimum Gasteiger partial charge on any atom is -0.463 e. The number of dihydropyridines is 1. The molecular formula is C29H23ClN4O5S. The summed E-state index contributed by atoms with van der Waals surface area (Å²) in [6.45, 7) is 1.84. The molecule has 0 saturated carbocycles. The van der Waals surface area contributed by atoms with E-state index in [0.717, 1.165) is 11.8 Å². The molecule has 4 rings (SSSR count). The van der Waals surface area contributed by atoms with E-state index < -0.39 is 16.8 Å². The van der Waals surface area contributed by atoms with E-state index in [1.807, 2.05) is 30.3 Å². The average Bonchev–Trinajstić information content (AvgIpc) is 2.96. The van der Waals surface area contributed by atoms with E-state index in [2.05, 4.69) is 16.7 Å². The van der Waals surface area contributed by atoms with Crippen molar-refractivity contribution in [3.8, 4) is 6.07 Å². The third kappa shape index (κ3) is 6.34. The van der Waals surface area contributed by atoms with Crippen molar-refractivity contribution in [3.05, 3.63) is 121 Å². The summed E-state index contributed by atoms with van der Waals surface area (Å²) in [5.74, 6) is -1.92. The lowest BCUT2D eigenvalue weighted by molar-refractivity contribution is -0.384. The van der Waals surface area contributed by atoms with Gasteiger partial charge in [-0.1, -0.05) is 71.9 Å². The number of allylic oxidation sites excluding steroid dienone is 1. The van der Waals surface area contributed by atoms with Gasteiger partial charge in [-0.2, -0.15) is 5.26 Å². The predicted molar refractivity (Wildman–Crippen MR) is 154 cm³/mol. The molecule has 1 aliphatic rings. The van der Waals surface area contributed by atoms with Gasteiger partial charge in [0.2, 0.25) is 5.91 Å². The number of benzene rings is 3. The first-order chi connectivity index (χ1) is 19.3. The molecule has 0 saturated heterocycles. The molecule has 0 spiro atoms. The van der Waals surface area contributed by atoms with Crippen LogP contribution in [0.5, 0.6) is 0 Å². The maximum absolute atomic E-state index is 13.4. The van der Waals surface area contributed by atoms with Gasteiger partial charge in [-0.25, -0.2) is 4.79 Å². The van der Waals surface area contributed by atoms with Crippen LogP contribution in [0.25, 0.3) is 5.70 Å². The van der Waals surface area contributed by atoms with Crippen molar-refractivity contribution in [2.75, 3.05) is 17.7 Å². The lowest BCUT2D eigenvalue weighted by atomic mass is 9.81. The molecular weight excluding hydrogens is 552 g/mol. The fraction of sp³-hybridized carbons (Fsp3) is 0.138. The fourth-order valence-corrected chi connectivity index (χ4v) is 5.27. The first-order valence-electron chi connectivity index (χ1n) is 12.1. The predicted octanol–water partition coefficient (Wildman–Crippen LogP) is 6.02. The highest BCUT2D eigenvalue weighted by Crippen LogP contribution is 2.45. The summed E-state index contributed by atoms with van der Waals surface area (Å²) < 4.78 is 5.42. The van der Waals surface area contributed by atoms with Crippen molar-refractivity contribution in [2.45, 2.75) is 12.8 Å². The fourth-order valence-electron chi connectivity index (χ4n) is 4.18. The van der Waals surface area contributed by atoms with Crippen LogP contribution in [0, 0.1) is 21.4 Å². The summed E-state index contributed by atoms with van der Waals surface area (Å²) in [4.78, 5) is 36.5. The second-order valence-electron chi connectivity index (χ2n) is 8.45. The number of hydrogen-bond donors (Lipinski definition) is 2. The van der Waals surface area contributed by atoms with Crippen LogP contribution in [0.3, 0.4) is 0 Å². The van der Waals surface area contributed by atoms with Crippen molar-refractivity contribution in [2.24, 2.45) is 0 Å². The number of thioether (sulfide) groups is 1. The molecule has 0 fully saturated rings. The summed E-state index contributed by atoms with van der Waals surface area (Å²) in [6, 6.07) is 23.8. The third-order valence-corrected chi connectivity index (χ3v) is 7.30. The number of nitro benzene ring substituents is 1. The lowest BCUT2D eigenvalue weighted by Gasteiger charge is -2.31. The molecule has 9 nitrogen and oxygen atoms in total. The smallest absolute Gasteiger partial charge is 0.337 e. The average molecular weight is 575 g/mol. The van der Waals surface area contributed by atoms with Gasteiger partial charge in [-0.3, -0.25) is 14.9 Å². The lowest BCUT2D eigenvalue weighted by Crippen LogP contribution is -2.30. The van der Waals surface area contributed by atoms with Gasteiger partial charge >= 0.3 is 5.97 Å². The Bertz CT molecular complexity index is 1550. The van der Waals surface area contributed by atoms with Gasteiger partial charge < -0.3 is 15.4 Å². The van der Waals surface area contributed by atoms with Crippen LogP contribution in [0.1, 0.15) is 24.0 Å². The van der Waals surface area contributed by atoms with Gasteiger partial charge in [0.15, 0.2) is 0 Å². The molecule has 1 heterocycles. The van der Waals surface area contributed by atoms with Gasteiger partial charge in [0, 0.05) is 22.8 Å². The molecule has 202 valence electrons. The number of anilines is 1. The Balaban J connectivity index is 1.72. The number of rotatable bonds is 9. The van der Waals surface area contributed by atoms with Crippen LogP contribution in [0.4, 0.5) is 11.4 Å². The van der Waals surface area contributed by atoms with Crippen molar-refractivity contribution in [3.63, 3.8) is 0 Å². The molecule has 0 radical (unpaired) electrons. The van der Waals surface area contributed by atoms with Crippen molar-refractivity contribution >= 4 is 52.3 Å². The Morgan fingerprint density at radius 3 is 2.40 bits per heavy atom. The molecule has 3 aromatic rings. The summed E-state index contributed by atoms with van der Waals surface area (Å²) in [6.07, 6.45) is 0. The molecule has 0 bridgehead atoms. The highest BCUT2D eigenvalue weighted by Gasteiger charge is 2.38. The SMILES string of the molecule is CCOC(=O)C1=C(c2ccccc2)NC(SCC(=O)Nc2ccc([N+](=O)[O-])cc2)=C(C#N)[C@@H]1c1ccccc1Cl. The monoisotopic (exact) mass is 574 g/mol. The van der Waals surface area contributed by atoms with E-state index in [-0.39, 0.29) is 35.1 Å². The zero-order chi connectivity index (χ0) is 28.6. The minimum atomic E-state index is -0.852. The Labute approximate surface area is 239 Å². The topological polar surface area (TPSA) is 134 Å². The van der Waals surface area contributed by atoms with Gasteiger partial charge in [0.05, 0.1) is 51.1 Å². The first-order valence-corrected chi connectivity index (χ1v) is 13.5. The van der Waals surface area contributed by atoms with Crippen molar-refractivity contribution in [1.29, 1.82) is 5.26 Å². The number of esters is 1. The van der Waals surface area contributed by atoms with E-state index in [1.54, 1.807) is 31.2 Å².